The van der Waals surface area contributed by atoms with E-state index < -0.39 is 5.97 Å². The van der Waals surface area contributed by atoms with Gasteiger partial charge in [-0.3, -0.25) is 0 Å². The number of rotatable bonds is 4. The molecule has 1 N–H and O–H groups in total. The number of nitrogens with zero attached hydrogens (tertiary/aromatic N) is 1. The van der Waals surface area contributed by atoms with Crippen molar-refractivity contribution >= 4 is 16.9 Å². The Morgan fingerprint density at radius 3 is 2.57 bits per heavy atom. The second-order valence-electron chi connectivity index (χ2n) is 5.24. The number of methoxy groups -OCH3 is 2. The number of aromatic carboxylic acids is 1. The Hall–Kier alpha value is -2.30. The molecule has 0 saturated heterocycles. The van der Waals surface area contributed by atoms with Gasteiger partial charge in [-0.25, -0.2) is 9.78 Å². The molecule has 1 aromatic heterocycles. The second kappa shape index (κ2) is 5.24. The molecule has 110 valence electrons. The van der Waals surface area contributed by atoms with Crippen LogP contribution < -0.4 is 9.47 Å². The van der Waals surface area contributed by atoms with E-state index in [1.807, 2.05) is 12.1 Å². The van der Waals surface area contributed by atoms with Crippen molar-refractivity contribution in [2.75, 3.05) is 14.2 Å². The zero-order valence-corrected chi connectivity index (χ0v) is 12.0. The van der Waals surface area contributed by atoms with Crippen molar-refractivity contribution in [2.45, 2.75) is 25.2 Å². The Labute approximate surface area is 122 Å². The third-order valence-electron chi connectivity index (χ3n) is 4.11. The van der Waals surface area contributed by atoms with E-state index in [9.17, 15) is 9.90 Å². The fourth-order valence-electron chi connectivity index (χ4n) is 2.78. The average molecular weight is 287 g/mol. The van der Waals surface area contributed by atoms with Crippen LogP contribution in [0.3, 0.4) is 0 Å². The van der Waals surface area contributed by atoms with Crippen LogP contribution in [0, 0.1) is 0 Å². The molecule has 0 unspecified atom stereocenters. The van der Waals surface area contributed by atoms with Crippen LogP contribution in [-0.4, -0.2) is 30.3 Å². The molecular formula is C16H17NO4. The van der Waals surface area contributed by atoms with E-state index in [-0.39, 0.29) is 11.4 Å². The highest BCUT2D eigenvalue weighted by Crippen LogP contribution is 2.43. The van der Waals surface area contributed by atoms with Crippen molar-refractivity contribution in [1.29, 1.82) is 0 Å². The number of carbonyl (C=O) groups is 1. The van der Waals surface area contributed by atoms with E-state index >= 15 is 0 Å². The van der Waals surface area contributed by atoms with Crippen LogP contribution in [0.15, 0.2) is 18.2 Å². The van der Waals surface area contributed by atoms with E-state index in [2.05, 4.69) is 4.98 Å². The van der Waals surface area contributed by atoms with Gasteiger partial charge in [-0.05, 0) is 30.4 Å². The van der Waals surface area contributed by atoms with Gasteiger partial charge in [0, 0.05) is 5.39 Å². The quantitative estimate of drug-likeness (QED) is 0.935. The first-order valence-electron chi connectivity index (χ1n) is 6.94. The first kappa shape index (κ1) is 13.7. The van der Waals surface area contributed by atoms with Crippen LogP contribution >= 0.6 is 0 Å². The van der Waals surface area contributed by atoms with Crippen LogP contribution in [0.25, 0.3) is 10.9 Å². The second-order valence-corrected chi connectivity index (χ2v) is 5.24. The number of benzene rings is 1. The zero-order chi connectivity index (χ0) is 15.0. The monoisotopic (exact) mass is 287 g/mol. The van der Waals surface area contributed by atoms with Crippen molar-refractivity contribution in [1.82, 2.24) is 4.98 Å². The van der Waals surface area contributed by atoms with Crippen molar-refractivity contribution in [2.24, 2.45) is 0 Å². The van der Waals surface area contributed by atoms with Gasteiger partial charge in [-0.1, -0.05) is 18.6 Å². The molecule has 5 heteroatoms. The Kier molecular flexibility index (Phi) is 3.41. The molecule has 0 atom stereocenters. The maximum absolute atomic E-state index is 11.3. The minimum Gasteiger partial charge on any atom is -0.494 e. The zero-order valence-electron chi connectivity index (χ0n) is 12.0. The summed E-state index contributed by atoms with van der Waals surface area (Å²) >= 11 is 0. The lowest BCUT2D eigenvalue weighted by Crippen LogP contribution is -2.11. The first-order chi connectivity index (χ1) is 10.2. The summed E-state index contributed by atoms with van der Waals surface area (Å²) in [5.41, 5.74) is 1.86. The number of ether oxygens (including phenoxy) is 2. The molecule has 1 aliphatic rings. The minimum absolute atomic E-state index is 0.0587. The standard InChI is InChI=1S/C16H17NO4/c1-20-14-11(9-4-3-5-9)7-6-10-8-12(16(18)19)15(21-2)17-13(10)14/h6-9H,3-5H2,1-2H3,(H,18,19). The summed E-state index contributed by atoms with van der Waals surface area (Å²) in [4.78, 5) is 15.6. The van der Waals surface area contributed by atoms with Crippen molar-refractivity contribution in [3.8, 4) is 11.6 Å². The third kappa shape index (κ3) is 2.18. The van der Waals surface area contributed by atoms with Gasteiger partial charge in [0.2, 0.25) is 5.88 Å². The molecule has 0 spiro atoms. The summed E-state index contributed by atoms with van der Waals surface area (Å²) < 4.78 is 10.7. The highest BCUT2D eigenvalue weighted by Gasteiger charge is 2.25. The fraction of sp³-hybridized carbons (Fsp3) is 0.375. The lowest BCUT2D eigenvalue weighted by molar-refractivity contribution is 0.0692. The van der Waals surface area contributed by atoms with Crippen molar-refractivity contribution in [3.63, 3.8) is 0 Å². The van der Waals surface area contributed by atoms with E-state index in [0.29, 0.717) is 11.4 Å². The molecule has 5 nitrogen and oxygen atoms in total. The molecule has 1 aliphatic carbocycles. The minimum atomic E-state index is -1.05. The normalized spacial score (nSPS) is 14.8. The highest BCUT2D eigenvalue weighted by atomic mass is 16.5. The summed E-state index contributed by atoms with van der Waals surface area (Å²) in [7, 11) is 3.04. The van der Waals surface area contributed by atoms with E-state index in [1.165, 1.54) is 13.5 Å². The molecule has 3 rings (SSSR count). The van der Waals surface area contributed by atoms with Crippen LogP contribution in [0.5, 0.6) is 11.6 Å². The van der Waals surface area contributed by atoms with Gasteiger partial charge in [-0.15, -0.1) is 0 Å². The number of fused-ring (bicyclic) bond motifs is 1. The number of carboxylic acid groups (broad SMARTS) is 1. The Morgan fingerprint density at radius 1 is 1.29 bits per heavy atom. The predicted octanol–water partition coefficient (Wildman–Crippen LogP) is 3.22. The third-order valence-corrected chi connectivity index (χ3v) is 4.11. The van der Waals surface area contributed by atoms with E-state index in [4.69, 9.17) is 9.47 Å². The van der Waals surface area contributed by atoms with Crippen LogP contribution in [0.2, 0.25) is 0 Å². The Balaban J connectivity index is 2.24. The molecule has 0 aliphatic heterocycles. The summed E-state index contributed by atoms with van der Waals surface area (Å²) in [6.07, 6.45) is 3.55. The fourth-order valence-corrected chi connectivity index (χ4v) is 2.78. The first-order valence-corrected chi connectivity index (χ1v) is 6.94. The van der Waals surface area contributed by atoms with Crippen LogP contribution in [-0.2, 0) is 0 Å². The lowest BCUT2D eigenvalue weighted by atomic mass is 9.79. The van der Waals surface area contributed by atoms with Gasteiger partial charge in [-0.2, -0.15) is 0 Å². The van der Waals surface area contributed by atoms with Gasteiger partial charge in [0.15, 0.2) is 0 Å². The van der Waals surface area contributed by atoms with Gasteiger partial charge in [0.25, 0.3) is 0 Å². The number of carboxylic acids is 1. The topological polar surface area (TPSA) is 68.7 Å². The van der Waals surface area contributed by atoms with Crippen molar-refractivity contribution < 1.29 is 19.4 Å². The Bertz CT molecular complexity index is 707. The van der Waals surface area contributed by atoms with E-state index in [1.54, 1.807) is 13.2 Å². The van der Waals surface area contributed by atoms with Gasteiger partial charge in [0.05, 0.1) is 14.2 Å². The Morgan fingerprint density at radius 2 is 2.05 bits per heavy atom. The largest absolute Gasteiger partial charge is 0.494 e. The molecule has 1 heterocycles. The molecule has 1 fully saturated rings. The molecule has 2 aromatic rings. The average Bonchev–Trinajstić information content (AvgIpc) is 2.43. The lowest BCUT2D eigenvalue weighted by Gasteiger charge is -2.27. The van der Waals surface area contributed by atoms with E-state index in [0.717, 1.165) is 29.5 Å². The predicted molar refractivity (Wildman–Crippen MR) is 78.4 cm³/mol. The molecule has 1 saturated carbocycles. The number of hydrogen-bond acceptors (Lipinski definition) is 4. The maximum Gasteiger partial charge on any atom is 0.341 e. The summed E-state index contributed by atoms with van der Waals surface area (Å²) in [6, 6.07) is 5.51. The van der Waals surface area contributed by atoms with Crippen LogP contribution in [0.4, 0.5) is 0 Å². The molecular weight excluding hydrogens is 270 g/mol. The van der Waals surface area contributed by atoms with Crippen molar-refractivity contribution in [3.05, 3.63) is 29.3 Å². The smallest absolute Gasteiger partial charge is 0.341 e. The molecule has 0 amide bonds. The summed E-state index contributed by atoms with van der Waals surface area (Å²) in [5.74, 6) is 0.297. The molecule has 21 heavy (non-hydrogen) atoms. The molecule has 1 aromatic carbocycles. The summed E-state index contributed by atoms with van der Waals surface area (Å²) in [5, 5.41) is 9.97. The van der Waals surface area contributed by atoms with Gasteiger partial charge in [0.1, 0.15) is 16.8 Å². The van der Waals surface area contributed by atoms with Gasteiger partial charge >= 0.3 is 5.97 Å². The summed E-state index contributed by atoms with van der Waals surface area (Å²) in [6.45, 7) is 0. The molecule has 0 bridgehead atoms. The van der Waals surface area contributed by atoms with Crippen LogP contribution in [0.1, 0.15) is 41.1 Å². The number of hydrogen-bond donors (Lipinski definition) is 1. The number of aromatic nitrogens is 1. The molecule has 0 radical (unpaired) electrons. The van der Waals surface area contributed by atoms with Gasteiger partial charge < -0.3 is 14.6 Å². The number of pyridine rings is 1. The SMILES string of the molecule is COc1nc2c(OC)c(C3CCC3)ccc2cc1C(=O)O. The maximum atomic E-state index is 11.3. The highest BCUT2D eigenvalue weighted by molar-refractivity contribution is 5.97.